The topological polar surface area (TPSA) is 101 Å². The van der Waals surface area contributed by atoms with Gasteiger partial charge in [0.2, 0.25) is 5.91 Å². The van der Waals surface area contributed by atoms with Crippen molar-refractivity contribution >= 4 is 39.2 Å². The molecule has 1 atom stereocenters. The number of benzene rings is 3. The molecule has 158 valence electrons. The molecule has 1 unspecified atom stereocenters. The quantitative estimate of drug-likeness (QED) is 0.584. The van der Waals surface area contributed by atoms with Crippen LogP contribution in [0.25, 0.3) is 10.8 Å². The minimum atomic E-state index is -4.48. The molecular weight excluding hydrogens is 424 g/mol. The van der Waals surface area contributed by atoms with Crippen molar-refractivity contribution < 1.29 is 17.8 Å². The smallest absolute Gasteiger partial charge is 0.294 e. The molecule has 0 aliphatic carbocycles. The van der Waals surface area contributed by atoms with E-state index < -0.39 is 22.1 Å². The van der Waals surface area contributed by atoms with Gasteiger partial charge in [0.1, 0.15) is 0 Å². The fourth-order valence-corrected chi connectivity index (χ4v) is 5.00. The first-order valence-corrected chi connectivity index (χ1v) is 10.9. The number of rotatable bonds is 5. The van der Waals surface area contributed by atoms with Gasteiger partial charge in [-0.1, -0.05) is 54.6 Å². The summed E-state index contributed by atoms with van der Waals surface area (Å²) in [6.07, 6.45) is 0.746. The van der Waals surface area contributed by atoms with Gasteiger partial charge < -0.3 is 5.73 Å². The van der Waals surface area contributed by atoms with Crippen molar-refractivity contribution in [3.63, 3.8) is 0 Å². The van der Waals surface area contributed by atoms with Gasteiger partial charge in [-0.3, -0.25) is 14.2 Å². The van der Waals surface area contributed by atoms with Crippen molar-refractivity contribution in [3.05, 3.63) is 77.4 Å². The Hall–Kier alpha value is -2.45. The van der Waals surface area contributed by atoms with E-state index >= 15 is 0 Å². The molecule has 3 N–H and O–H groups in total. The molecule has 1 aliphatic rings. The fourth-order valence-electron chi connectivity index (χ4n) is 4.23. The van der Waals surface area contributed by atoms with Crippen LogP contribution in [0.5, 0.6) is 0 Å². The third kappa shape index (κ3) is 4.34. The van der Waals surface area contributed by atoms with Crippen molar-refractivity contribution in [1.29, 1.82) is 0 Å². The molecule has 8 heteroatoms. The standard InChI is InChI=1S/C22H22N2O4S.ClH/c23-21(25)13-19(24-12-11-15-5-1-2-7-17(15)14-24)22-18-8-4-3-6-16(18)9-10-20(22)29(26,27)28;/h1-10,19H,11-14H2,(H2,23,25)(H,26,27,28);1H. The number of nitrogens with two attached hydrogens (primary N) is 1. The van der Waals surface area contributed by atoms with Crippen LogP contribution in [0.4, 0.5) is 0 Å². The first-order chi connectivity index (χ1) is 13.8. The van der Waals surface area contributed by atoms with Gasteiger partial charge >= 0.3 is 0 Å². The van der Waals surface area contributed by atoms with E-state index in [0.29, 0.717) is 24.0 Å². The highest BCUT2D eigenvalue weighted by Gasteiger charge is 2.31. The van der Waals surface area contributed by atoms with E-state index in [1.54, 1.807) is 6.07 Å². The number of carbonyl (C=O) groups is 1. The van der Waals surface area contributed by atoms with Gasteiger partial charge in [0.15, 0.2) is 0 Å². The highest BCUT2D eigenvalue weighted by Crippen LogP contribution is 2.38. The van der Waals surface area contributed by atoms with E-state index in [2.05, 4.69) is 11.0 Å². The molecule has 0 bridgehead atoms. The number of primary amides is 1. The van der Waals surface area contributed by atoms with Gasteiger partial charge in [0, 0.05) is 25.6 Å². The summed E-state index contributed by atoms with van der Waals surface area (Å²) in [6, 6.07) is 17.9. The van der Waals surface area contributed by atoms with Crippen molar-refractivity contribution in [3.8, 4) is 0 Å². The van der Waals surface area contributed by atoms with Gasteiger partial charge in [-0.15, -0.1) is 12.4 Å². The summed E-state index contributed by atoms with van der Waals surface area (Å²) in [4.78, 5) is 13.8. The minimum absolute atomic E-state index is 0. The Morgan fingerprint density at radius 1 is 1.03 bits per heavy atom. The van der Waals surface area contributed by atoms with E-state index in [0.717, 1.165) is 17.4 Å². The molecule has 6 nitrogen and oxygen atoms in total. The van der Waals surface area contributed by atoms with Crippen LogP contribution in [-0.4, -0.2) is 30.3 Å². The second kappa shape index (κ2) is 8.73. The first-order valence-electron chi connectivity index (χ1n) is 9.43. The minimum Gasteiger partial charge on any atom is -0.370 e. The van der Waals surface area contributed by atoms with Crippen LogP contribution in [0.2, 0.25) is 0 Å². The lowest BCUT2D eigenvalue weighted by molar-refractivity contribution is -0.119. The summed E-state index contributed by atoms with van der Waals surface area (Å²) in [6.45, 7) is 1.23. The van der Waals surface area contributed by atoms with E-state index in [9.17, 15) is 17.8 Å². The van der Waals surface area contributed by atoms with Crippen molar-refractivity contribution in [1.82, 2.24) is 4.90 Å². The lowest BCUT2D eigenvalue weighted by Crippen LogP contribution is -2.37. The molecule has 0 spiro atoms. The van der Waals surface area contributed by atoms with E-state index in [4.69, 9.17) is 5.73 Å². The molecule has 4 rings (SSSR count). The Morgan fingerprint density at radius 3 is 2.40 bits per heavy atom. The lowest BCUT2D eigenvalue weighted by Gasteiger charge is -2.36. The number of amides is 1. The molecule has 0 aromatic heterocycles. The molecule has 0 fully saturated rings. The molecule has 3 aromatic rings. The Bertz CT molecular complexity index is 1200. The van der Waals surface area contributed by atoms with Crippen molar-refractivity contribution in [2.45, 2.75) is 30.3 Å². The van der Waals surface area contributed by atoms with Gasteiger partial charge in [0.05, 0.1) is 4.90 Å². The summed E-state index contributed by atoms with van der Waals surface area (Å²) in [5.74, 6) is -0.525. The van der Waals surface area contributed by atoms with Gasteiger partial charge in [-0.2, -0.15) is 8.42 Å². The Labute approximate surface area is 181 Å². The third-order valence-electron chi connectivity index (χ3n) is 5.54. The van der Waals surface area contributed by atoms with E-state index in [1.165, 1.54) is 11.6 Å². The maximum absolute atomic E-state index is 12.2. The second-order valence-electron chi connectivity index (χ2n) is 7.35. The maximum Gasteiger partial charge on any atom is 0.294 e. The fraction of sp³-hybridized carbons (Fsp3) is 0.227. The molecule has 0 saturated carbocycles. The SMILES string of the molecule is Cl.NC(=O)CC(c1c(S(=O)(=O)O)ccc2ccccc12)N1CCc2ccccc2C1. The average Bonchev–Trinajstić information content (AvgIpc) is 2.70. The maximum atomic E-state index is 12.2. The first kappa shape index (κ1) is 22.2. The number of hydrogen-bond acceptors (Lipinski definition) is 4. The monoisotopic (exact) mass is 446 g/mol. The predicted octanol–water partition coefficient (Wildman–Crippen LogP) is 3.48. The largest absolute Gasteiger partial charge is 0.370 e. The summed E-state index contributed by atoms with van der Waals surface area (Å²) >= 11 is 0. The molecule has 0 radical (unpaired) electrons. The zero-order chi connectivity index (χ0) is 20.6. The second-order valence-corrected chi connectivity index (χ2v) is 8.74. The molecule has 3 aromatic carbocycles. The van der Waals surface area contributed by atoms with Crippen molar-refractivity contribution in [2.24, 2.45) is 5.73 Å². The zero-order valence-corrected chi connectivity index (χ0v) is 17.8. The van der Waals surface area contributed by atoms with Crippen LogP contribution in [0.1, 0.15) is 29.2 Å². The van der Waals surface area contributed by atoms with Gasteiger partial charge in [-0.25, -0.2) is 0 Å². The highest BCUT2D eigenvalue weighted by atomic mass is 35.5. The number of halogens is 1. The summed E-state index contributed by atoms with van der Waals surface area (Å²) in [5, 5.41) is 1.52. The number of carbonyl (C=O) groups excluding carboxylic acids is 1. The van der Waals surface area contributed by atoms with Crippen molar-refractivity contribution in [2.75, 3.05) is 6.54 Å². The predicted molar refractivity (Wildman–Crippen MR) is 118 cm³/mol. The third-order valence-corrected chi connectivity index (χ3v) is 6.45. The molecular formula is C22H23ClN2O4S. The van der Waals surface area contributed by atoms with Crippen LogP contribution < -0.4 is 5.73 Å². The van der Waals surface area contributed by atoms with E-state index in [1.807, 2.05) is 42.5 Å². The number of hydrogen-bond donors (Lipinski definition) is 2. The van der Waals surface area contributed by atoms with Gasteiger partial charge in [-0.05, 0) is 39.9 Å². The molecule has 0 saturated heterocycles. The van der Waals surface area contributed by atoms with Crippen LogP contribution in [0, 0.1) is 0 Å². The molecule has 1 aliphatic heterocycles. The lowest BCUT2D eigenvalue weighted by atomic mass is 9.92. The number of nitrogens with zero attached hydrogens (tertiary/aromatic N) is 1. The summed E-state index contributed by atoms with van der Waals surface area (Å²) < 4.78 is 34.3. The van der Waals surface area contributed by atoms with Crippen LogP contribution in [-0.2, 0) is 27.9 Å². The molecule has 1 amide bonds. The van der Waals surface area contributed by atoms with Gasteiger partial charge in [0.25, 0.3) is 10.1 Å². The molecule has 1 heterocycles. The zero-order valence-electron chi connectivity index (χ0n) is 16.2. The van der Waals surface area contributed by atoms with Crippen LogP contribution >= 0.6 is 12.4 Å². The molecule has 30 heavy (non-hydrogen) atoms. The Kier molecular flexibility index (Phi) is 6.47. The summed E-state index contributed by atoms with van der Waals surface area (Å²) in [7, 11) is -4.48. The average molecular weight is 447 g/mol. The number of fused-ring (bicyclic) bond motifs is 2. The normalized spacial score (nSPS) is 15.2. The Morgan fingerprint density at radius 2 is 1.70 bits per heavy atom. The van der Waals surface area contributed by atoms with Crippen LogP contribution in [0.15, 0.2) is 65.6 Å². The summed E-state index contributed by atoms with van der Waals surface area (Å²) in [5.41, 5.74) is 8.36. The Balaban J connectivity index is 0.00000256. The van der Waals surface area contributed by atoms with Crippen LogP contribution in [0.3, 0.4) is 0 Å². The highest BCUT2D eigenvalue weighted by molar-refractivity contribution is 7.85. The van der Waals surface area contributed by atoms with E-state index in [-0.39, 0.29) is 23.7 Å².